The monoisotopic (exact) mass is 231 g/mol. The van der Waals surface area contributed by atoms with Gasteiger partial charge in [0.1, 0.15) is 0 Å². The lowest BCUT2D eigenvalue weighted by molar-refractivity contribution is 0.954. The molecule has 0 aromatic rings. The molecule has 0 aromatic heterocycles. The van der Waals surface area contributed by atoms with E-state index >= 15 is 0 Å². The van der Waals surface area contributed by atoms with Crippen LogP contribution in [0, 0.1) is 6.92 Å². The number of unbranched alkanes of at least 4 members (excludes halogenated alkanes) is 2. The summed E-state index contributed by atoms with van der Waals surface area (Å²) in [4.78, 5) is 0. The second-order valence-corrected chi connectivity index (χ2v) is 4.02. The molecule has 0 aliphatic carbocycles. The van der Waals surface area contributed by atoms with E-state index in [4.69, 9.17) is 0 Å². The first-order valence-electron chi connectivity index (χ1n) is 6.81. The molecule has 0 heterocycles. The van der Waals surface area contributed by atoms with Gasteiger partial charge in [0.2, 0.25) is 0 Å². The van der Waals surface area contributed by atoms with Crippen LogP contribution in [0.4, 0.5) is 0 Å². The zero-order valence-corrected chi connectivity index (χ0v) is 11.3. The zero-order chi connectivity index (χ0) is 12.6. The molecule has 0 bridgehead atoms. The highest BCUT2D eigenvalue weighted by Gasteiger charge is 1.75. The van der Waals surface area contributed by atoms with Gasteiger partial charge in [-0.15, -0.1) is 0 Å². The highest BCUT2D eigenvalue weighted by Crippen LogP contribution is 1.96. The van der Waals surface area contributed by atoms with Crippen LogP contribution >= 0.6 is 0 Å². The van der Waals surface area contributed by atoms with Crippen LogP contribution in [0.5, 0.6) is 0 Å². The number of hydrogen-bond donors (Lipinski definition) is 0. The molecule has 0 saturated carbocycles. The maximum Gasteiger partial charge on any atom is -0.0169 e. The molecule has 0 nitrogen and oxygen atoms in total. The zero-order valence-electron chi connectivity index (χ0n) is 11.3. The Labute approximate surface area is 108 Å². The van der Waals surface area contributed by atoms with E-state index in [1.165, 1.54) is 12.8 Å². The van der Waals surface area contributed by atoms with Gasteiger partial charge in [-0.1, -0.05) is 68.9 Å². The van der Waals surface area contributed by atoms with E-state index in [1.807, 2.05) is 0 Å². The van der Waals surface area contributed by atoms with Gasteiger partial charge in [0.15, 0.2) is 0 Å². The molecular formula is C17H27. The van der Waals surface area contributed by atoms with Gasteiger partial charge in [-0.05, 0) is 38.5 Å². The largest absolute Gasteiger partial charge is 0.0882 e. The van der Waals surface area contributed by atoms with Gasteiger partial charge in [0.25, 0.3) is 0 Å². The quantitative estimate of drug-likeness (QED) is 0.417. The molecule has 0 aliphatic heterocycles. The minimum atomic E-state index is 0.995. The number of rotatable bonds is 10. The molecule has 1 radical (unpaired) electrons. The predicted octanol–water partition coefficient (Wildman–Crippen LogP) is 5.80. The lowest BCUT2D eigenvalue weighted by Gasteiger charge is -1.86. The minimum absolute atomic E-state index is 0.995. The highest BCUT2D eigenvalue weighted by molar-refractivity contribution is 4.99. The third-order valence-corrected chi connectivity index (χ3v) is 2.31. The lowest BCUT2D eigenvalue weighted by Crippen LogP contribution is -1.65. The van der Waals surface area contributed by atoms with Gasteiger partial charge in [0.05, 0.1) is 0 Å². The Hall–Kier alpha value is -1.04. The van der Waals surface area contributed by atoms with E-state index in [0.717, 1.165) is 32.1 Å². The standard InChI is InChI=1S/C17H27/c1-3-5-7-9-11-13-15-17-16-14-12-10-8-6-4-2/h7-10,13-16H,1,3-6,11-12,17H2,2H3/b9-7+,10-8+,15-13+,16-14+. The van der Waals surface area contributed by atoms with Crippen molar-refractivity contribution in [2.45, 2.75) is 51.9 Å². The average molecular weight is 231 g/mol. The summed E-state index contributed by atoms with van der Waals surface area (Å²) in [7, 11) is 0. The molecule has 0 spiro atoms. The van der Waals surface area contributed by atoms with Crippen molar-refractivity contribution in [3.05, 3.63) is 55.5 Å². The molecular weight excluding hydrogens is 204 g/mol. The fourth-order valence-corrected chi connectivity index (χ4v) is 1.33. The van der Waals surface area contributed by atoms with Crippen LogP contribution in [0.1, 0.15) is 51.9 Å². The van der Waals surface area contributed by atoms with Crippen LogP contribution in [-0.4, -0.2) is 0 Å². The lowest BCUT2D eigenvalue weighted by atomic mass is 10.2. The second kappa shape index (κ2) is 15.0. The molecule has 0 N–H and O–H groups in total. The first-order valence-corrected chi connectivity index (χ1v) is 6.81. The summed E-state index contributed by atoms with van der Waals surface area (Å²) in [6.45, 7) is 6.00. The van der Waals surface area contributed by atoms with Crippen molar-refractivity contribution in [3.8, 4) is 0 Å². The van der Waals surface area contributed by atoms with Crippen molar-refractivity contribution in [2.75, 3.05) is 0 Å². The van der Waals surface area contributed by atoms with Crippen molar-refractivity contribution < 1.29 is 0 Å². The van der Waals surface area contributed by atoms with Crippen LogP contribution in [0.25, 0.3) is 0 Å². The summed E-state index contributed by atoms with van der Waals surface area (Å²) in [5.74, 6) is 0. The summed E-state index contributed by atoms with van der Waals surface area (Å²) >= 11 is 0. The highest BCUT2D eigenvalue weighted by atomic mass is 13.8. The third kappa shape index (κ3) is 15.0. The molecule has 0 aliphatic rings. The molecule has 0 aromatic carbocycles. The van der Waals surface area contributed by atoms with Gasteiger partial charge in [-0.2, -0.15) is 0 Å². The van der Waals surface area contributed by atoms with Gasteiger partial charge in [-0.25, -0.2) is 0 Å². The van der Waals surface area contributed by atoms with Crippen molar-refractivity contribution in [3.63, 3.8) is 0 Å². The van der Waals surface area contributed by atoms with E-state index in [-0.39, 0.29) is 0 Å². The predicted molar refractivity (Wildman–Crippen MR) is 79.9 cm³/mol. The smallest absolute Gasteiger partial charge is 0.0169 e. The molecule has 17 heavy (non-hydrogen) atoms. The van der Waals surface area contributed by atoms with E-state index in [9.17, 15) is 0 Å². The Morgan fingerprint density at radius 1 is 0.647 bits per heavy atom. The molecule has 0 fully saturated rings. The minimum Gasteiger partial charge on any atom is -0.0882 e. The van der Waals surface area contributed by atoms with Gasteiger partial charge >= 0.3 is 0 Å². The molecule has 95 valence electrons. The van der Waals surface area contributed by atoms with Gasteiger partial charge < -0.3 is 0 Å². The summed E-state index contributed by atoms with van der Waals surface area (Å²) in [5, 5.41) is 0. The Balaban J connectivity index is 3.36. The van der Waals surface area contributed by atoms with Gasteiger partial charge in [0, 0.05) is 0 Å². The summed E-state index contributed by atoms with van der Waals surface area (Å²) in [6, 6.07) is 0. The number of hydrogen-bond acceptors (Lipinski definition) is 0. The fraction of sp³-hybridized carbons (Fsp3) is 0.471. The van der Waals surface area contributed by atoms with Crippen molar-refractivity contribution in [1.82, 2.24) is 0 Å². The first-order chi connectivity index (χ1) is 8.41. The molecule has 0 atom stereocenters. The normalized spacial score (nSPS) is 12.8. The van der Waals surface area contributed by atoms with Crippen LogP contribution in [0.15, 0.2) is 48.6 Å². The van der Waals surface area contributed by atoms with Crippen molar-refractivity contribution in [1.29, 1.82) is 0 Å². The Morgan fingerprint density at radius 3 is 1.47 bits per heavy atom. The summed E-state index contributed by atoms with van der Waals surface area (Å²) < 4.78 is 0. The molecule has 0 amide bonds. The average Bonchev–Trinajstić information content (AvgIpc) is 2.35. The fourth-order valence-electron chi connectivity index (χ4n) is 1.33. The van der Waals surface area contributed by atoms with Crippen molar-refractivity contribution in [2.24, 2.45) is 0 Å². The SMILES string of the molecule is [CH2]CC/C=C/C/C=C/C/C=C/C/C=C/CCC. The molecule has 0 heteroatoms. The Kier molecular flexibility index (Phi) is 14.0. The molecule has 0 unspecified atom stereocenters. The van der Waals surface area contributed by atoms with E-state index in [2.05, 4.69) is 62.5 Å². The Morgan fingerprint density at radius 2 is 1.06 bits per heavy atom. The number of allylic oxidation sites excluding steroid dienone is 8. The van der Waals surface area contributed by atoms with Crippen LogP contribution in [-0.2, 0) is 0 Å². The van der Waals surface area contributed by atoms with E-state index in [1.54, 1.807) is 0 Å². The van der Waals surface area contributed by atoms with Crippen LogP contribution < -0.4 is 0 Å². The Bertz CT molecular complexity index is 215. The summed E-state index contributed by atoms with van der Waals surface area (Å²) in [6.07, 6.45) is 25.5. The van der Waals surface area contributed by atoms with Gasteiger partial charge in [-0.3, -0.25) is 0 Å². The first kappa shape index (κ1) is 16.0. The second-order valence-electron chi connectivity index (χ2n) is 4.02. The molecule has 0 saturated heterocycles. The maximum atomic E-state index is 3.80. The van der Waals surface area contributed by atoms with Crippen molar-refractivity contribution >= 4 is 0 Å². The molecule has 0 rings (SSSR count). The summed E-state index contributed by atoms with van der Waals surface area (Å²) in [5.41, 5.74) is 0. The maximum absolute atomic E-state index is 3.80. The topological polar surface area (TPSA) is 0 Å². The third-order valence-electron chi connectivity index (χ3n) is 2.31. The van der Waals surface area contributed by atoms with E-state index in [0.29, 0.717) is 0 Å². The van der Waals surface area contributed by atoms with Crippen LogP contribution in [0.2, 0.25) is 0 Å². The van der Waals surface area contributed by atoms with Crippen LogP contribution in [0.3, 0.4) is 0 Å². The van der Waals surface area contributed by atoms with E-state index < -0.39 is 0 Å².